The van der Waals surface area contributed by atoms with Gasteiger partial charge < -0.3 is 14.8 Å². The Hall–Kier alpha value is -2.77. The number of nitrogens with one attached hydrogen (secondary N) is 1. The molecular formula is C19H19Cl2N5O2. The fourth-order valence-electron chi connectivity index (χ4n) is 2.56. The molecule has 9 heteroatoms. The van der Waals surface area contributed by atoms with Crippen molar-refractivity contribution in [2.24, 2.45) is 0 Å². The Morgan fingerprint density at radius 3 is 2.82 bits per heavy atom. The van der Waals surface area contributed by atoms with Crippen molar-refractivity contribution in [3.63, 3.8) is 0 Å². The summed E-state index contributed by atoms with van der Waals surface area (Å²) in [6.07, 6.45) is 1.72. The van der Waals surface area contributed by atoms with Gasteiger partial charge in [0.15, 0.2) is 11.5 Å². The summed E-state index contributed by atoms with van der Waals surface area (Å²) in [7, 11) is 1.60. The minimum Gasteiger partial charge on any atom is -0.493 e. The predicted octanol–water partition coefficient (Wildman–Crippen LogP) is 4.37. The van der Waals surface area contributed by atoms with E-state index in [9.17, 15) is 0 Å². The minimum absolute atomic E-state index is 0.318. The molecule has 7 nitrogen and oxygen atoms in total. The lowest BCUT2D eigenvalue weighted by Gasteiger charge is -2.16. The molecule has 0 saturated carbocycles. The molecule has 0 radical (unpaired) electrons. The zero-order valence-corrected chi connectivity index (χ0v) is 16.7. The van der Waals surface area contributed by atoms with Crippen LogP contribution in [-0.4, -0.2) is 27.3 Å². The number of halogens is 2. The summed E-state index contributed by atoms with van der Waals surface area (Å²) in [6, 6.07) is 11.1. The maximum absolute atomic E-state index is 6.08. The molecule has 3 aromatic rings. The zero-order valence-electron chi connectivity index (χ0n) is 15.2. The number of nitrogens with zero attached hydrogens (tertiary/aromatic N) is 4. The highest BCUT2D eigenvalue weighted by molar-refractivity contribution is 6.42. The predicted molar refractivity (Wildman–Crippen MR) is 109 cm³/mol. The van der Waals surface area contributed by atoms with Gasteiger partial charge in [-0.25, -0.2) is 4.68 Å². The highest BCUT2D eigenvalue weighted by atomic mass is 35.5. The van der Waals surface area contributed by atoms with E-state index in [0.29, 0.717) is 47.2 Å². The van der Waals surface area contributed by atoms with Crippen LogP contribution in [0.1, 0.15) is 11.1 Å². The van der Waals surface area contributed by atoms with Gasteiger partial charge >= 0.3 is 0 Å². The molecular weight excluding hydrogens is 401 g/mol. The van der Waals surface area contributed by atoms with Gasteiger partial charge in [0.25, 0.3) is 0 Å². The van der Waals surface area contributed by atoms with Crippen LogP contribution in [0.2, 0.25) is 10.0 Å². The number of tetrazole rings is 1. The van der Waals surface area contributed by atoms with E-state index in [2.05, 4.69) is 27.4 Å². The Bertz CT molecular complexity index is 961. The van der Waals surface area contributed by atoms with Crippen molar-refractivity contribution in [3.05, 3.63) is 70.2 Å². The Labute approximate surface area is 172 Å². The monoisotopic (exact) mass is 419 g/mol. The summed E-state index contributed by atoms with van der Waals surface area (Å²) in [6.45, 7) is 4.97. The normalized spacial score (nSPS) is 10.5. The number of para-hydroxylation sites is 1. The Kier molecular flexibility index (Phi) is 6.73. The first-order chi connectivity index (χ1) is 13.6. The molecule has 3 rings (SSSR count). The molecule has 1 heterocycles. The summed E-state index contributed by atoms with van der Waals surface area (Å²) in [5, 5.41) is 15.8. The number of benzene rings is 2. The molecule has 0 amide bonds. The van der Waals surface area contributed by atoms with E-state index in [4.69, 9.17) is 32.7 Å². The van der Waals surface area contributed by atoms with Crippen molar-refractivity contribution in [2.45, 2.75) is 19.7 Å². The molecule has 1 N–H and O–H groups in total. The van der Waals surface area contributed by atoms with Gasteiger partial charge in [0.05, 0.1) is 23.7 Å². The Balaban J connectivity index is 1.77. The highest BCUT2D eigenvalue weighted by Crippen LogP contribution is 2.33. The van der Waals surface area contributed by atoms with Gasteiger partial charge in [-0.05, 0) is 34.2 Å². The topological polar surface area (TPSA) is 74.1 Å². The van der Waals surface area contributed by atoms with E-state index in [0.717, 1.165) is 11.1 Å². The molecule has 0 atom stereocenters. The highest BCUT2D eigenvalue weighted by Gasteiger charge is 2.13. The summed E-state index contributed by atoms with van der Waals surface area (Å²) >= 11 is 12.1. The third kappa shape index (κ3) is 4.74. The number of hydrogen-bond donors (Lipinski definition) is 1. The zero-order chi connectivity index (χ0) is 19.9. The fraction of sp³-hybridized carbons (Fsp3) is 0.211. The third-order valence-electron chi connectivity index (χ3n) is 3.92. The quantitative estimate of drug-likeness (QED) is 0.519. The standard InChI is InChI=1S/C19H19Cl2N5O2/c1-3-9-26-19(23-24-25-26)22-11-14-5-4-6-17(27-2)18(14)28-12-13-7-8-15(20)16(21)10-13/h3-8,10H,1,9,11-12H2,2H3,(H,22,23,25). The van der Waals surface area contributed by atoms with Crippen molar-refractivity contribution in [2.75, 3.05) is 12.4 Å². The van der Waals surface area contributed by atoms with Crippen LogP contribution in [0, 0.1) is 0 Å². The number of hydrogen-bond acceptors (Lipinski definition) is 6. The van der Waals surface area contributed by atoms with Gasteiger partial charge in [0.1, 0.15) is 6.61 Å². The van der Waals surface area contributed by atoms with E-state index in [1.54, 1.807) is 30.0 Å². The van der Waals surface area contributed by atoms with Gasteiger partial charge in [0, 0.05) is 12.1 Å². The first kappa shape index (κ1) is 20.0. The summed E-state index contributed by atoms with van der Waals surface area (Å²) in [5.41, 5.74) is 1.79. The van der Waals surface area contributed by atoms with Gasteiger partial charge in [-0.15, -0.1) is 6.58 Å². The smallest absolute Gasteiger partial charge is 0.243 e. The van der Waals surface area contributed by atoms with Crippen molar-refractivity contribution in [3.8, 4) is 11.5 Å². The molecule has 0 aliphatic carbocycles. The summed E-state index contributed by atoms with van der Waals surface area (Å²) < 4.78 is 13.1. The van der Waals surface area contributed by atoms with Crippen molar-refractivity contribution in [1.29, 1.82) is 0 Å². The first-order valence-corrected chi connectivity index (χ1v) is 9.21. The largest absolute Gasteiger partial charge is 0.493 e. The molecule has 0 fully saturated rings. The number of ether oxygens (including phenoxy) is 2. The SMILES string of the molecule is C=CCn1nnnc1NCc1cccc(OC)c1OCc1ccc(Cl)c(Cl)c1. The van der Waals surface area contributed by atoms with Crippen LogP contribution in [0.3, 0.4) is 0 Å². The second-order valence-corrected chi connectivity index (χ2v) is 6.63. The third-order valence-corrected chi connectivity index (χ3v) is 4.66. The molecule has 28 heavy (non-hydrogen) atoms. The molecule has 1 aromatic heterocycles. The van der Waals surface area contributed by atoms with Gasteiger partial charge in [-0.1, -0.05) is 52.6 Å². The number of methoxy groups -OCH3 is 1. The van der Waals surface area contributed by atoms with Gasteiger partial charge in [-0.2, -0.15) is 0 Å². The van der Waals surface area contributed by atoms with Gasteiger partial charge in [0.2, 0.25) is 5.95 Å². The van der Waals surface area contributed by atoms with E-state index < -0.39 is 0 Å². The van der Waals surface area contributed by atoms with Gasteiger partial charge in [-0.3, -0.25) is 0 Å². The summed E-state index contributed by atoms with van der Waals surface area (Å²) in [5.74, 6) is 1.80. The van der Waals surface area contributed by atoms with Crippen molar-refractivity contribution < 1.29 is 9.47 Å². The maximum Gasteiger partial charge on any atom is 0.243 e. The number of aromatic nitrogens is 4. The number of anilines is 1. The van der Waals surface area contributed by atoms with Crippen LogP contribution in [-0.2, 0) is 19.7 Å². The van der Waals surface area contributed by atoms with Crippen LogP contribution < -0.4 is 14.8 Å². The Morgan fingerprint density at radius 2 is 2.07 bits per heavy atom. The molecule has 0 aliphatic rings. The van der Waals surface area contributed by atoms with E-state index >= 15 is 0 Å². The van der Waals surface area contributed by atoms with E-state index in [1.165, 1.54) is 0 Å². The number of allylic oxidation sites excluding steroid dienone is 1. The lowest BCUT2D eigenvalue weighted by molar-refractivity contribution is 0.281. The second kappa shape index (κ2) is 9.43. The van der Waals surface area contributed by atoms with Crippen LogP contribution in [0.25, 0.3) is 0 Å². The fourth-order valence-corrected chi connectivity index (χ4v) is 2.88. The van der Waals surface area contributed by atoms with Crippen molar-refractivity contribution in [1.82, 2.24) is 20.2 Å². The van der Waals surface area contributed by atoms with Crippen LogP contribution >= 0.6 is 23.2 Å². The molecule has 0 unspecified atom stereocenters. The minimum atomic E-state index is 0.318. The lowest BCUT2D eigenvalue weighted by Crippen LogP contribution is -2.10. The van der Waals surface area contributed by atoms with Crippen LogP contribution in [0.4, 0.5) is 5.95 Å². The molecule has 0 spiro atoms. The Morgan fingerprint density at radius 1 is 1.21 bits per heavy atom. The average molecular weight is 420 g/mol. The average Bonchev–Trinajstić information content (AvgIpc) is 3.14. The first-order valence-electron chi connectivity index (χ1n) is 8.46. The van der Waals surface area contributed by atoms with Crippen LogP contribution in [0.5, 0.6) is 11.5 Å². The van der Waals surface area contributed by atoms with E-state index in [1.807, 2.05) is 24.3 Å². The van der Waals surface area contributed by atoms with Crippen molar-refractivity contribution >= 4 is 29.2 Å². The molecule has 146 valence electrons. The molecule has 0 saturated heterocycles. The molecule has 0 aliphatic heterocycles. The summed E-state index contributed by atoms with van der Waals surface area (Å²) in [4.78, 5) is 0. The van der Waals surface area contributed by atoms with E-state index in [-0.39, 0.29) is 0 Å². The number of rotatable bonds is 9. The second-order valence-electron chi connectivity index (χ2n) is 5.81. The lowest BCUT2D eigenvalue weighted by atomic mass is 10.1. The molecule has 2 aromatic carbocycles. The maximum atomic E-state index is 6.08. The van der Waals surface area contributed by atoms with Crippen LogP contribution in [0.15, 0.2) is 49.1 Å². The molecule has 0 bridgehead atoms.